The molecule has 0 spiro atoms. The van der Waals surface area contributed by atoms with Crippen molar-refractivity contribution in [3.05, 3.63) is 95.4 Å². The van der Waals surface area contributed by atoms with E-state index in [0.29, 0.717) is 18.2 Å². The molecule has 172 valence electrons. The second-order valence-corrected chi connectivity index (χ2v) is 10.4. The zero-order valence-corrected chi connectivity index (χ0v) is 19.4. The third-order valence-corrected chi connectivity index (χ3v) is 7.60. The van der Waals surface area contributed by atoms with Crippen LogP contribution in [0.5, 0.6) is 0 Å². The summed E-state index contributed by atoms with van der Waals surface area (Å²) in [6.07, 6.45) is 0.627. The zero-order chi connectivity index (χ0) is 23.5. The minimum Gasteiger partial charge on any atom is -0.425 e. The van der Waals surface area contributed by atoms with Crippen LogP contribution in [0.1, 0.15) is 16.8 Å². The number of fused-ring (bicyclic) bond motifs is 1. The van der Waals surface area contributed by atoms with E-state index in [4.69, 9.17) is 4.42 Å². The molecule has 1 N–H and O–H groups in total. The number of nitrogens with one attached hydrogen (secondary N) is 1. The molecule has 3 aromatic carbocycles. The fourth-order valence-corrected chi connectivity index (χ4v) is 5.47. The maximum Gasteiger partial charge on any atom is 0.240 e. The molecule has 0 unspecified atom stereocenters. The summed E-state index contributed by atoms with van der Waals surface area (Å²) >= 11 is 1.57. The summed E-state index contributed by atoms with van der Waals surface area (Å²) in [7, 11) is -3.74. The zero-order valence-electron chi connectivity index (χ0n) is 17.8. The van der Waals surface area contributed by atoms with E-state index in [-0.39, 0.29) is 17.9 Å². The highest BCUT2D eigenvalue weighted by molar-refractivity contribution is 7.89. The Labute approximate surface area is 199 Å². The van der Waals surface area contributed by atoms with Crippen molar-refractivity contribution in [3.63, 3.8) is 0 Å². The van der Waals surface area contributed by atoms with Crippen LogP contribution in [0.25, 0.3) is 21.3 Å². The summed E-state index contributed by atoms with van der Waals surface area (Å²) in [5.41, 5.74) is 3.19. The number of halogens is 1. The van der Waals surface area contributed by atoms with Crippen molar-refractivity contribution in [2.45, 2.75) is 17.7 Å². The molecule has 0 fully saturated rings. The average Bonchev–Trinajstić information content (AvgIpc) is 3.45. The first-order valence-electron chi connectivity index (χ1n) is 10.5. The number of benzene rings is 3. The number of sulfonamides is 1. The fraction of sp³-hybridized carbons (Fsp3) is 0.125. The van der Waals surface area contributed by atoms with Crippen LogP contribution in [-0.4, -0.2) is 30.1 Å². The average molecular weight is 495 g/mol. The molecule has 2 aromatic heterocycles. The first-order valence-corrected chi connectivity index (χ1v) is 12.8. The predicted molar refractivity (Wildman–Crippen MR) is 127 cm³/mol. The predicted octanol–water partition coefficient (Wildman–Crippen LogP) is 4.60. The van der Waals surface area contributed by atoms with E-state index in [1.54, 1.807) is 11.3 Å². The van der Waals surface area contributed by atoms with Gasteiger partial charge in [-0.05, 0) is 47.5 Å². The van der Waals surface area contributed by atoms with E-state index < -0.39 is 15.8 Å². The smallest absolute Gasteiger partial charge is 0.240 e. The monoisotopic (exact) mass is 494 g/mol. The summed E-state index contributed by atoms with van der Waals surface area (Å²) in [6.45, 7) is 0.0742. The van der Waals surface area contributed by atoms with Gasteiger partial charge in [0.25, 0.3) is 0 Å². The van der Waals surface area contributed by atoms with Crippen molar-refractivity contribution in [1.29, 1.82) is 0 Å². The van der Waals surface area contributed by atoms with E-state index in [9.17, 15) is 12.8 Å². The second kappa shape index (κ2) is 9.41. The first kappa shape index (κ1) is 22.3. The van der Waals surface area contributed by atoms with Gasteiger partial charge in [0.2, 0.25) is 21.8 Å². The van der Waals surface area contributed by atoms with Gasteiger partial charge >= 0.3 is 0 Å². The van der Waals surface area contributed by atoms with Gasteiger partial charge in [-0.15, -0.1) is 21.5 Å². The molecule has 0 radical (unpaired) electrons. The maximum atomic E-state index is 13.0. The molecular formula is C24H19FN4O3S2. The van der Waals surface area contributed by atoms with Gasteiger partial charge in [0, 0.05) is 13.0 Å². The summed E-state index contributed by atoms with van der Waals surface area (Å²) < 4.78 is 46.8. The summed E-state index contributed by atoms with van der Waals surface area (Å²) in [5.74, 6) is 0.241. The second-order valence-electron chi connectivity index (χ2n) is 7.52. The summed E-state index contributed by atoms with van der Waals surface area (Å²) in [4.78, 5) is 4.65. The van der Waals surface area contributed by atoms with Crippen molar-refractivity contribution in [1.82, 2.24) is 19.9 Å². The lowest BCUT2D eigenvalue weighted by atomic mass is 10.1. The highest BCUT2D eigenvalue weighted by atomic mass is 32.2. The number of nitrogens with zero attached hydrogens (tertiary/aromatic N) is 3. The van der Waals surface area contributed by atoms with Crippen LogP contribution in [0.2, 0.25) is 0 Å². The van der Waals surface area contributed by atoms with Crippen LogP contribution in [0, 0.1) is 5.82 Å². The highest BCUT2D eigenvalue weighted by Gasteiger charge is 2.15. The highest BCUT2D eigenvalue weighted by Crippen LogP contribution is 2.29. The molecule has 5 aromatic rings. The Morgan fingerprint density at radius 1 is 0.912 bits per heavy atom. The standard InChI is InChI=1S/C24H19FN4O3S2/c25-18-7-9-19(10-8-18)34(30,31)26-13-12-22-28-29-23(32-22)15-24-27-20-11-6-17(14-21(20)33-24)16-4-2-1-3-5-16/h1-11,14,26H,12-13,15H2. The van der Waals surface area contributed by atoms with Crippen LogP contribution in [0.15, 0.2) is 82.1 Å². The van der Waals surface area contributed by atoms with E-state index >= 15 is 0 Å². The van der Waals surface area contributed by atoms with Crippen LogP contribution in [0.4, 0.5) is 4.39 Å². The third-order valence-electron chi connectivity index (χ3n) is 5.11. The van der Waals surface area contributed by atoms with Crippen molar-refractivity contribution in [3.8, 4) is 11.1 Å². The molecule has 34 heavy (non-hydrogen) atoms. The Hall–Kier alpha value is -3.47. The molecule has 0 atom stereocenters. The van der Waals surface area contributed by atoms with Gasteiger partial charge < -0.3 is 4.42 Å². The molecule has 0 aliphatic rings. The lowest BCUT2D eigenvalue weighted by molar-refractivity contribution is 0.456. The number of rotatable bonds is 8. The summed E-state index contributed by atoms with van der Waals surface area (Å²) in [6, 6.07) is 21.0. The lowest BCUT2D eigenvalue weighted by Gasteiger charge is -2.05. The third kappa shape index (κ3) is 5.04. The largest absolute Gasteiger partial charge is 0.425 e. The van der Waals surface area contributed by atoms with Crippen molar-refractivity contribution in [2.75, 3.05) is 6.54 Å². The normalized spacial score (nSPS) is 11.8. The maximum absolute atomic E-state index is 13.0. The van der Waals surface area contributed by atoms with Gasteiger partial charge in [-0.25, -0.2) is 22.5 Å². The van der Waals surface area contributed by atoms with E-state index in [2.05, 4.69) is 44.2 Å². The van der Waals surface area contributed by atoms with Gasteiger partial charge in [0.05, 0.1) is 21.5 Å². The minimum absolute atomic E-state index is 0.00799. The molecule has 0 saturated carbocycles. The molecule has 2 heterocycles. The molecule has 5 rings (SSSR count). The Bertz CT molecular complexity index is 1530. The molecule has 0 amide bonds. The van der Waals surface area contributed by atoms with Crippen molar-refractivity contribution < 1.29 is 17.2 Å². The molecule has 10 heteroatoms. The van der Waals surface area contributed by atoms with Gasteiger partial charge in [-0.1, -0.05) is 36.4 Å². The molecule has 0 aliphatic carbocycles. The number of thiazole rings is 1. The first-order chi connectivity index (χ1) is 16.5. The Morgan fingerprint density at radius 3 is 2.47 bits per heavy atom. The molecule has 0 saturated heterocycles. The Morgan fingerprint density at radius 2 is 1.68 bits per heavy atom. The van der Waals surface area contributed by atoms with Gasteiger partial charge in [-0.2, -0.15) is 0 Å². The molecule has 0 bridgehead atoms. The number of aromatic nitrogens is 3. The SMILES string of the molecule is O=S(=O)(NCCc1nnc(Cc2nc3ccc(-c4ccccc4)cc3s2)o1)c1ccc(F)cc1. The number of hydrogen-bond acceptors (Lipinski definition) is 7. The van der Waals surface area contributed by atoms with E-state index in [0.717, 1.165) is 38.5 Å². The van der Waals surface area contributed by atoms with Crippen molar-refractivity contribution >= 4 is 31.6 Å². The van der Waals surface area contributed by atoms with Gasteiger partial charge in [0.1, 0.15) is 10.8 Å². The van der Waals surface area contributed by atoms with Crippen LogP contribution in [0.3, 0.4) is 0 Å². The van der Waals surface area contributed by atoms with Crippen LogP contribution >= 0.6 is 11.3 Å². The minimum atomic E-state index is -3.74. The Balaban J connectivity index is 1.21. The van der Waals surface area contributed by atoms with Gasteiger partial charge in [-0.3, -0.25) is 0 Å². The molecule has 0 aliphatic heterocycles. The topological polar surface area (TPSA) is 98.0 Å². The van der Waals surface area contributed by atoms with Crippen LogP contribution < -0.4 is 4.72 Å². The van der Waals surface area contributed by atoms with Gasteiger partial charge in [0.15, 0.2) is 0 Å². The molecular weight excluding hydrogens is 475 g/mol. The van der Waals surface area contributed by atoms with Crippen molar-refractivity contribution in [2.24, 2.45) is 0 Å². The van der Waals surface area contributed by atoms with E-state index in [1.165, 1.54) is 12.1 Å². The summed E-state index contributed by atoms with van der Waals surface area (Å²) in [5, 5.41) is 8.91. The lowest BCUT2D eigenvalue weighted by Crippen LogP contribution is -2.26. The Kier molecular flexibility index (Phi) is 6.18. The number of hydrogen-bond donors (Lipinski definition) is 1. The van der Waals surface area contributed by atoms with E-state index in [1.807, 2.05) is 24.3 Å². The molecule has 7 nitrogen and oxygen atoms in total. The fourth-order valence-electron chi connectivity index (χ4n) is 3.44. The quantitative estimate of drug-likeness (QED) is 0.339. The van der Waals surface area contributed by atoms with Crippen LogP contribution in [-0.2, 0) is 22.9 Å².